The van der Waals surface area contributed by atoms with Gasteiger partial charge in [-0.1, -0.05) is 0 Å². The molecule has 4 heteroatoms. The van der Waals surface area contributed by atoms with Crippen molar-refractivity contribution >= 4 is 0 Å². The molecule has 4 nitrogen and oxygen atoms in total. The molecule has 2 aliphatic heterocycles. The van der Waals surface area contributed by atoms with Gasteiger partial charge in [0.1, 0.15) is 6.10 Å². The lowest BCUT2D eigenvalue weighted by molar-refractivity contribution is -0.134. The Bertz CT molecular complexity index is 275. The quantitative estimate of drug-likeness (QED) is 0.503. The maximum absolute atomic E-state index is 9.79. The first-order valence-corrected chi connectivity index (χ1v) is 4.54. The first kappa shape index (κ1) is 7.79. The van der Waals surface area contributed by atoms with Crippen LogP contribution in [-0.4, -0.2) is 34.8 Å². The monoisotopic (exact) mass is 184 g/mol. The van der Waals surface area contributed by atoms with Crippen molar-refractivity contribution in [3.63, 3.8) is 0 Å². The van der Waals surface area contributed by atoms with Crippen LogP contribution in [0.25, 0.3) is 0 Å². The van der Waals surface area contributed by atoms with Crippen LogP contribution in [0, 0.1) is 11.8 Å². The predicted molar refractivity (Wildman–Crippen MR) is 42.5 cm³/mol. The predicted octanol–water partition coefficient (Wildman–Crippen LogP) is -0.387. The van der Waals surface area contributed by atoms with Crippen molar-refractivity contribution in [2.24, 2.45) is 11.8 Å². The Morgan fingerprint density at radius 3 is 2.77 bits per heavy atom. The van der Waals surface area contributed by atoms with Crippen molar-refractivity contribution in [3.05, 3.63) is 11.8 Å². The van der Waals surface area contributed by atoms with Gasteiger partial charge in [-0.2, -0.15) is 0 Å². The summed E-state index contributed by atoms with van der Waals surface area (Å²) in [6.07, 6.45) is 0.179. The number of epoxide rings is 1. The molecule has 3 aliphatic rings. The van der Waals surface area contributed by atoms with E-state index < -0.39 is 12.4 Å². The van der Waals surface area contributed by atoms with Crippen LogP contribution in [0.3, 0.4) is 0 Å². The van der Waals surface area contributed by atoms with E-state index in [1.54, 1.807) is 6.26 Å². The Kier molecular flexibility index (Phi) is 1.35. The summed E-state index contributed by atoms with van der Waals surface area (Å²) in [5, 5.41) is 19.3. The van der Waals surface area contributed by atoms with Crippen LogP contribution in [0.4, 0.5) is 0 Å². The fraction of sp³-hybridized carbons (Fsp3) is 0.778. The maximum atomic E-state index is 9.79. The molecule has 3 rings (SSSR count). The fourth-order valence-electron chi connectivity index (χ4n) is 2.62. The van der Waals surface area contributed by atoms with E-state index in [9.17, 15) is 10.2 Å². The highest BCUT2D eigenvalue weighted by Crippen LogP contribution is 2.52. The average molecular weight is 184 g/mol. The summed E-state index contributed by atoms with van der Waals surface area (Å²) in [4.78, 5) is 0. The van der Waals surface area contributed by atoms with E-state index in [4.69, 9.17) is 9.47 Å². The van der Waals surface area contributed by atoms with Crippen LogP contribution < -0.4 is 0 Å². The topological polar surface area (TPSA) is 62.2 Å². The smallest absolute Gasteiger partial charge is 0.202 e. The number of ether oxygens (including phenoxy) is 2. The summed E-state index contributed by atoms with van der Waals surface area (Å²) in [6, 6.07) is 0. The third-order valence-electron chi connectivity index (χ3n) is 3.31. The molecule has 6 atom stereocenters. The van der Waals surface area contributed by atoms with Crippen LogP contribution in [0.5, 0.6) is 0 Å². The Morgan fingerprint density at radius 1 is 1.31 bits per heavy atom. The minimum Gasteiger partial charge on any atom is -0.472 e. The molecule has 0 aromatic rings. The van der Waals surface area contributed by atoms with Crippen LogP contribution in [0.2, 0.25) is 0 Å². The van der Waals surface area contributed by atoms with Gasteiger partial charge in [-0.3, -0.25) is 0 Å². The zero-order chi connectivity index (χ0) is 9.16. The summed E-state index contributed by atoms with van der Waals surface area (Å²) >= 11 is 0. The Balaban J connectivity index is 1.97. The average Bonchev–Trinajstić information content (AvgIpc) is 2.82. The van der Waals surface area contributed by atoms with Gasteiger partial charge in [0.2, 0.25) is 6.29 Å². The van der Waals surface area contributed by atoms with E-state index in [1.807, 2.05) is 6.92 Å². The van der Waals surface area contributed by atoms with E-state index in [2.05, 4.69) is 0 Å². The summed E-state index contributed by atoms with van der Waals surface area (Å²) in [5.41, 5.74) is 0.999. The molecule has 1 saturated heterocycles. The highest BCUT2D eigenvalue weighted by molar-refractivity contribution is 5.21. The third kappa shape index (κ3) is 0.855. The number of hydrogen-bond acceptors (Lipinski definition) is 4. The van der Waals surface area contributed by atoms with Gasteiger partial charge in [-0.25, -0.2) is 0 Å². The van der Waals surface area contributed by atoms with Crippen molar-refractivity contribution in [2.45, 2.75) is 31.5 Å². The first-order valence-electron chi connectivity index (χ1n) is 4.54. The van der Waals surface area contributed by atoms with Crippen LogP contribution in [-0.2, 0) is 9.47 Å². The molecule has 72 valence electrons. The van der Waals surface area contributed by atoms with Crippen molar-refractivity contribution < 1.29 is 19.7 Å². The molecule has 2 fully saturated rings. The fourth-order valence-corrected chi connectivity index (χ4v) is 2.62. The molecule has 0 spiro atoms. The standard InChI is InChI=1S/C9H12O4/c1-3-2-12-9(11)5-4(3)6(10)8-7(5)13-8/h2,4-11H,1H3/t4-,5+,6+,7-,8+,9+/m1/s1. The number of hydrogen-bond donors (Lipinski definition) is 2. The van der Waals surface area contributed by atoms with E-state index in [-0.39, 0.29) is 24.0 Å². The van der Waals surface area contributed by atoms with Crippen molar-refractivity contribution in [1.82, 2.24) is 0 Å². The Hall–Kier alpha value is -0.580. The third-order valence-corrected chi connectivity index (χ3v) is 3.31. The molecule has 2 heterocycles. The SMILES string of the molecule is CC1=CO[C@H](O)[C@@H]2[C@H]3O[C@H]3[C@@H](O)[C@H]12. The molecular weight excluding hydrogens is 172 g/mol. The number of rotatable bonds is 0. The van der Waals surface area contributed by atoms with Gasteiger partial charge in [0, 0.05) is 5.92 Å². The van der Waals surface area contributed by atoms with Crippen LogP contribution in [0.1, 0.15) is 6.92 Å². The molecule has 0 radical (unpaired) electrons. The number of aliphatic hydroxyl groups is 2. The lowest BCUT2D eigenvalue weighted by Crippen LogP contribution is -2.38. The highest BCUT2D eigenvalue weighted by Gasteiger charge is 2.65. The lowest BCUT2D eigenvalue weighted by atomic mass is 9.86. The van der Waals surface area contributed by atoms with Gasteiger partial charge in [0.15, 0.2) is 0 Å². The second-order valence-electron chi connectivity index (χ2n) is 4.05. The van der Waals surface area contributed by atoms with Gasteiger partial charge in [0.25, 0.3) is 0 Å². The van der Waals surface area contributed by atoms with Gasteiger partial charge in [-0.05, 0) is 12.5 Å². The normalized spacial score (nSPS) is 57.6. The molecule has 13 heavy (non-hydrogen) atoms. The van der Waals surface area contributed by atoms with Crippen molar-refractivity contribution in [2.75, 3.05) is 0 Å². The molecule has 1 aliphatic carbocycles. The minimum atomic E-state index is -0.819. The molecule has 1 saturated carbocycles. The zero-order valence-corrected chi connectivity index (χ0v) is 7.25. The van der Waals surface area contributed by atoms with Gasteiger partial charge >= 0.3 is 0 Å². The molecule has 0 bridgehead atoms. The molecule has 0 aromatic heterocycles. The molecular formula is C9H12O4. The van der Waals surface area contributed by atoms with Gasteiger partial charge < -0.3 is 19.7 Å². The largest absolute Gasteiger partial charge is 0.472 e. The summed E-state index contributed by atoms with van der Waals surface area (Å²) in [7, 11) is 0. The van der Waals surface area contributed by atoms with E-state index >= 15 is 0 Å². The molecule has 0 amide bonds. The Morgan fingerprint density at radius 2 is 2.08 bits per heavy atom. The number of fused-ring (bicyclic) bond motifs is 3. The summed E-state index contributed by atoms with van der Waals surface area (Å²) in [6.45, 7) is 1.91. The molecule has 2 N–H and O–H groups in total. The van der Waals surface area contributed by atoms with Crippen molar-refractivity contribution in [1.29, 1.82) is 0 Å². The van der Waals surface area contributed by atoms with Crippen LogP contribution >= 0.6 is 0 Å². The van der Waals surface area contributed by atoms with Crippen LogP contribution in [0.15, 0.2) is 11.8 Å². The second-order valence-corrected chi connectivity index (χ2v) is 4.05. The van der Waals surface area contributed by atoms with Gasteiger partial charge in [0.05, 0.1) is 24.4 Å². The van der Waals surface area contributed by atoms with E-state index in [1.165, 1.54) is 0 Å². The van der Waals surface area contributed by atoms with E-state index in [0.29, 0.717) is 0 Å². The van der Waals surface area contributed by atoms with Crippen molar-refractivity contribution in [3.8, 4) is 0 Å². The summed E-state index contributed by atoms with van der Waals surface area (Å²) < 4.78 is 10.3. The zero-order valence-electron chi connectivity index (χ0n) is 7.25. The first-order chi connectivity index (χ1) is 6.20. The minimum absolute atomic E-state index is 0.00125. The molecule has 0 unspecified atom stereocenters. The van der Waals surface area contributed by atoms with E-state index in [0.717, 1.165) is 5.57 Å². The second kappa shape index (κ2) is 2.26. The maximum Gasteiger partial charge on any atom is 0.202 e. The highest BCUT2D eigenvalue weighted by atomic mass is 16.6. The van der Waals surface area contributed by atoms with Gasteiger partial charge in [-0.15, -0.1) is 0 Å². The lowest BCUT2D eigenvalue weighted by Gasteiger charge is -2.32. The Labute approximate surface area is 75.8 Å². The molecule has 0 aromatic carbocycles. The summed E-state index contributed by atoms with van der Waals surface area (Å²) in [5.74, 6) is -0.0579. The number of aliphatic hydroxyl groups excluding tert-OH is 2.